The van der Waals surface area contributed by atoms with Gasteiger partial charge in [0.25, 0.3) is 0 Å². The van der Waals surface area contributed by atoms with Crippen molar-refractivity contribution in [3.8, 4) is 0 Å². The normalized spacial score (nSPS) is 33.5. The fourth-order valence-electron chi connectivity index (χ4n) is 3.01. The van der Waals surface area contributed by atoms with E-state index >= 15 is 0 Å². The number of carbonyl (C=O) groups excluding carboxylic acids is 1. The van der Waals surface area contributed by atoms with Crippen LogP contribution in [-0.2, 0) is 4.79 Å². The predicted octanol–water partition coefficient (Wildman–Crippen LogP) is 2.70. The molecule has 0 radical (unpaired) electrons. The number of piperidine rings is 1. The Morgan fingerprint density at radius 3 is 2.47 bits per heavy atom. The molecule has 1 N–H and O–H groups in total. The van der Waals surface area contributed by atoms with Gasteiger partial charge in [-0.25, -0.2) is 0 Å². The number of Topliss-reactive ketones (excluding diaryl/α,β-unsaturated/α-hetero) is 1. The third-order valence-corrected chi connectivity index (χ3v) is 4.07. The van der Waals surface area contributed by atoms with Crippen molar-refractivity contribution in [3.63, 3.8) is 0 Å². The maximum Gasteiger partial charge on any atom is 0.152 e. The lowest BCUT2D eigenvalue weighted by molar-refractivity contribution is -0.129. The van der Waals surface area contributed by atoms with Crippen LogP contribution in [0.5, 0.6) is 0 Å². The smallest absolute Gasteiger partial charge is 0.152 e. The molecular weight excluding hydrogens is 210 g/mol. The minimum atomic E-state index is -0.182. The Morgan fingerprint density at radius 2 is 1.87 bits per heavy atom. The zero-order valence-electron chi connectivity index (χ0n) is 9.55. The number of hydrogen-bond donors (Lipinski definition) is 1. The van der Waals surface area contributed by atoms with Crippen molar-refractivity contribution in [1.82, 2.24) is 5.32 Å². The van der Waals surface area contributed by atoms with E-state index in [0.717, 1.165) is 19.4 Å². The molecule has 2 aliphatic rings. The number of rotatable bonds is 1. The number of hydrogen-bond acceptors (Lipinski definition) is 2. The average molecular weight is 232 g/mol. The Morgan fingerprint density at radius 1 is 1.20 bits per heavy atom. The lowest BCUT2D eigenvalue weighted by Gasteiger charge is -2.42. The predicted molar refractivity (Wildman–Crippen MR) is 64.5 cm³/mol. The summed E-state index contributed by atoms with van der Waals surface area (Å²) in [5, 5.41) is 3.47. The maximum absolute atomic E-state index is 12.0. The van der Waals surface area contributed by atoms with Crippen LogP contribution in [0.1, 0.15) is 51.9 Å². The van der Waals surface area contributed by atoms with Crippen molar-refractivity contribution in [2.24, 2.45) is 5.92 Å². The largest absolute Gasteiger partial charge is 0.305 e. The lowest BCUT2D eigenvalue weighted by Crippen LogP contribution is -2.58. The molecule has 2 fully saturated rings. The van der Waals surface area contributed by atoms with Gasteiger partial charge in [0.2, 0.25) is 0 Å². The summed E-state index contributed by atoms with van der Waals surface area (Å²) in [6, 6.07) is 0. The molecule has 0 amide bonds. The van der Waals surface area contributed by atoms with Gasteiger partial charge in [0.05, 0.1) is 5.54 Å². The summed E-state index contributed by atoms with van der Waals surface area (Å²) in [7, 11) is 0. The first-order valence-electron chi connectivity index (χ1n) is 6.02. The van der Waals surface area contributed by atoms with Crippen LogP contribution >= 0.6 is 12.4 Å². The molecule has 88 valence electrons. The molecule has 0 aromatic carbocycles. The Bertz CT molecular complexity index is 226. The molecule has 1 atom stereocenters. The van der Waals surface area contributed by atoms with Crippen LogP contribution in [-0.4, -0.2) is 17.9 Å². The summed E-state index contributed by atoms with van der Waals surface area (Å²) in [4.78, 5) is 12.0. The molecule has 1 aliphatic carbocycles. The van der Waals surface area contributed by atoms with Crippen molar-refractivity contribution in [2.45, 2.75) is 57.4 Å². The Balaban J connectivity index is 0.00000112. The summed E-state index contributed by atoms with van der Waals surface area (Å²) < 4.78 is 0. The molecule has 1 saturated heterocycles. The highest BCUT2D eigenvalue weighted by molar-refractivity contribution is 5.89. The van der Waals surface area contributed by atoms with Gasteiger partial charge < -0.3 is 5.32 Å². The van der Waals surface area contributed by atoms with Crippen LogP contribution in [0, 0.1) is 5.92 Å². The van der Waals surface area contributed by atoms with E-state index in [0.29, 0.717) is 11.7 Å². The number of ketones is 1. The van der Waals surface area contributed by atoms with Crippen molar-refractivity contribution < 1.29 is 4.79 Å². The quantitative estimate of drug-likeness (QED) is 0.752. The van der Waals surface area contributed by atoms with E-state index in [-0.39, 0.29) is 17.9 Å². The van der Waals surface area contributed by atoms with Gasteiger partial charge in [-0.1, -0.05) is 19.3 Å². The Kier molecular flexibility index (Phi) is 4.60. The van der Waals surface area contributed by atoms with E-state index in [4.69, 9.17) is 0 Å². The summed E-state index contributed by atoms with van der Waals surface area (Å²) in [5.74, 6) is 1.06. The van der Waals surface area contributed by atoms with E-state index in [2.05, 4.69) is 12.2 Å². The average Bonchev–Trinajstić information content (AvgIpc) is 2.24. The van der Waals surface area contributed by atoms with Gasteiger partial charge in [-0.15, -0.1) is 12.4 Å². The third-order valence-electron chi connectivity index (χ3n) is 4.07. The highest BCUT2D eigenvalue weighted by Gasteiger charge is 2.41. The molecule has 15 heavy (non-hydrogen) atoms. The van der Waals surface area contributed by atoms with E-state index in [1.54, 1.807) is 0 Å². The topological polar surface area (TPSA) is 29.1 Å². The van der Waals surface area contributed by atoms with Gasteiger partial charge in [-0.2, -0.15) is 0 Å². The van der Waals surface area contributed by atoms with Crippen LogP contribution < -0.4 is 5.32 Å². The summed E-state index contributed by atoms with van der Waals surface area (Å²) in [5.41, 5.74) is -0.182. The second-order valence-corrected chi connectivity index (χ2v) is 4.99. The van der Waals surface area contributed by atoms with Crippen molar-refractivity contribution in [2.75, 3.05) is 6.54 Å². The van der Waals surface area contributed by atoms with E-state index in [1.807, 2.05) is 0 Å². The SMILES string of the molecule is CC1(C2CCCCC2)NCCCC1=O.Cl. The third kappa shape index (κ3) is 2.54. The fourth-order valence-corrected chi connectivity index (χ4v) is 3.01. The molecule has 0 aromatic heterocycles. The number of carbonyl (C=O) groups is 1. The zero-order valence-corrected chi connectivity index (χ0v) is 10.4. The zero-order chi connectivity index (χ0) is 10.0. The van der Waals surface area contributed by atoms with Gasteiger partial charge in [0.15, 0.2) is 5.78 Å². The monoisotopic (exact) mass is 231 g/mol. The van der Waals surface area contributed by atoms with E-state index < -0.39 is 0 Å². The van der Waals surface area contributed by atoms with Crippen LogP contribution in [0.25, 0.3) is 0 Å². The van der Waals surface area contributed by atoms with E-state index in [9.17, 15) is 4.79 Å². The number of nitrogens with one attached hydrogen (secondary N) is 1. The van der Waals surface area contributed by atoms with Crippen molar-refractivity contribution in [1.29, 1.82) is 0 Å². The molecule has 1 unspecified atom stereocenters. The highest BCUT2D eigenvalue weighted by atomic mass is 35.5. The molecule has 2 rings (SSSR count). The summed E-state index contributed by atoms with van der Waals surface area (Å²) in [6.07, 6.45) is 8.30. The second-order valence-electron chi connectivity index (χ2n) is 4.99. The first-order valence-corrected chi connectivity index (χ1v) is 6.02. The molecule has 0 bridgehead atoms. The van der Waals surface area contributed by atoms with Gasteiger partial charge in [0, 0.05) is 6.42 Å². The molecule has 1 heterocycles. The van der Waals surface area contributed by atoms with Crippen LogP contribution in [0.2, 0.25) is 0 Å². The molecule has 3 heteroatoms. The standard InChI is InChI=1S/C12H21NO.ClH/c1-12(10-6-3-2-4-7-10)11(14)8-5-9-13-12;/h10,13H,2-9H2,1H3;1H. The molecule has 1 saturated carbocycles. The van der Waals surface area contributed by atoms with Gasteiger partial charge in [-0.3, -0.25) is 4.79 Å². The molecular formula is C12H22ClNO. The molecule has 0 aromatic rings. The van der Waals surface area contributed by atoms with Crippen LogP contribution in [0.3, 0.4) is 0 Å². The van der Waals surface area contributed by atoms with Crippen LogP contribution in [0.4, 0.5) is 0 Å². The van der Waals surface area contributed by atoms with Crippen LogP contribution in [0.15, 0.2) is 0 Å². The molecule has 1 aliphatic heterocycles. The highest BCUT2D eigenvalue weighted by Crippen LogP contribution is 2.35. The first kappa shape index (κ1) is 13.0. The van der Waals surface area contributed by atoms with Crippen molar-refractivity contribution in [3.05, 3.63) is 0 Å². The molecule has 2 nitrogen and oxygen atoms in total. The minimum Gasteiger partial charge on any atom is -0.305 e. The minimum absolute atomic E-state index is 0. The molecule has 0 spiro atoms. The van der Waals surface area contributed by atoms with E-state index in [1.165, 1.54) is 32.1 Å². The Labute approximate surface area is 98.6 Å². The van der Waals surface area contributed by atoms with Gasteiger partial charge >= 0.3 is 0 Å². The van der Waals surface area contributed by atoms with Crippen molar-refractivity contribution >= 4 is 18.2 Å². The summed E-state index contributed by atoms with van der Waals surface area (Å²) in [6.45, 7) is 3.16. The maximum atomic E-state index is 12.0. The fraction of sp³-hybridized carbons (Fsp3) is 0.917. The Hall–Kier alpha value is -0.0800. The van der Waals surface area contributed by atoms with Gasteiger partial charge in [-0.05, 0) is 38.6 Å². The lowest BCUT2D eigenvalue weighted by atomic mass is 9.71. The second kappa shape index (κ2) is 5.31. The summed E-state index contributed by atoms with van der Waals surface area (Å²) >= 11 is 0. The first-order chi connectivity index (χ1) is 6.73. The number of halogens is 1. The van der Waals surface area contributed by atoms with Gasteiger partial charge in [0.1, 0.15) is 0 Å².